The molecule has 0 aromatic carbocycles. The van der Waals surface area contributed by atoms with Crippen LogP contribution >= 0.6 is 22.7 Å². The van der Waals surface area contributed by atoms with Crippen LogP contribution in [0.3, 0.4) is 0 Å². The second-order valence-corrected chi connectivity index (χ2v) is 4.75. The summed E-state index contributed by atoms with van der Waals surface area (Å²) in [6.07, 6.45) is 0. The van der Waals surface area contributed by atoms with Gasteiger partial charge in [-0.25, -0.2) is 0 Å². The van der Waals surface area contributed by atoms with E-state index >= 15 is 0 Å². The number of nitrogens with one attached hydrogen (secondary N) is 1. The molecule has 0 atom stereocenters. The molecular formula is C10H11NS2. The highest BCUT2D eigenvalue weighted by Gasteiger charge is 2.01. The predicted octanol–water partition coefficient (Wildman–Crippen LogP) is 3.20. The van der Waals surface area contributed by atoms with Gasteiger partial charge in [0.1, 0.15) is 0 Å². The second kappa shape index (κ2) is 4.05. The molecule has 0 fully saturated rings. The van der Waals surface area contributed by atoms with Gasteiger partial charge in [-0.3, -0.25) is 0 Å². The summed E-state index contributed by atoms with van der Waals surface area (Å²) in [4.78, 5) is 2.75. The maximum Gasteiger partial charge on any atom is 0.0351 e. The largest absolute Gasteiger partial charge is 0.315 e. The fourth-order valence-corrected chi connectivity index (χ4v) is 2.91. The first-order valence-corrected chi connectivity index (χ1v) is 5.92. The van der Waals surface area contributed by atoms with Crippen LogP contribution < -0.4 is 5.32 Å². The minimum atomic E-state index is 0.968. The zero-order valence-electron chi connectivity index (χ0n) is 7.41. The van der Waals surface area contributed by atoms with Crippen LogP contribution in [0.2, 0.25) is 0 Å². The van der Waals surface area contributed by atoms with E-state index in [-0.39, 0.29) is 0 Å². The highest BCUT2D eigenvalue weighted by Crippen LogP contribution is 2.28. The predicted molar refractivity (Wildman–Crippen MR) is 60.4 cm³/mol. The zero-order valence-corrected chi connectivity index (χ0v) is 9.04. The number of hydrogen-bond acceptors (Lipinski definition) is 3. The lowest BCUT2D eigenvalue weighted by Gasteiger charge is -1.91. The van der Waals surface area contributed by atoms with Crippen LogP contribution in [0.25, 0.3) is 10.4 Å². The summed E-state index contributed by atoms with van der Waals surface area (Å²) in [7, 11) is 1.98. The quantitative estimate of drug-likeness (QED) is 0.818. The van der Waals surface area contributed by atoms with Gasteiger partial charge in [-0.05, 0) is 29.9 Å². The molecule has 0 radical (unpaired) electrons. The summed E-state index contributed by atoms with van der Waals surface area (Å²) in [6.45, 7) is 0.968. The molecule has 1 N–H and O–H groups in total. The molecule has 0 bridgehead atoms. The summed E-state index contributed by atoms with van der Waals surface area (Å²) < 4.78 is 0. The average Bonchev–Trinajstić information content (AvgIpc) is 2.70. The molecule has 2 heterocycles. The molecule has 2 aromatic heterocycles. The van der Waals surface area contributed by atoms with Gasteiger partial charge >= 0.3 is 0 Å². The Morgan fingerprint density at radius 3 is 3.00 bits per heavy atom. The Balaban J connectivity index is 2.23. The molecule has 0 saturated heterocycles. The Morgan fingerprint density at radius 2 is 2.31 bits per heavy atom. The van der Waals surface area contributed by atoms with Crippen molar-refractivity contribution >= 4 is 22.7 Å². The maximum atomic E-state index is 3.16. The molecule has 0 aliphatic carbocycles. The molecule has 13 heavy (non-hydrogen) atoms. The monoisotopic (exact) mass is 209 g/mol. The summed E-state index contributed by atoms with van der Waals surface area (Å²) in [6, 6.07) is 6.51. The molecule has 1 nitrogen and oxygen atoms in total. The Hall–Kier alpha value is -0.640. The van der Waals surface area contributed by atoms with Crippen LogP contribution in [0.5, 0.6) is 0 Å². The summed E-state index contributed by atoms with van der Waals surface area (Å²) in [5, 5.41) is 7.49. The van der Waals surface area contributed by atoms with E-state index in [1.165, 1.54) is 15.3 Å². The molecular weight excluding hydrogens is 198 g/mol. The van der Waals surface area contributed by atoms with Gasteiger partial charge in [0.25, 0.3) is 0 Å². The fourth-order valence-electron chi connectivity index (χ4n) is 1.22. The molecule has 2 aromatic rings. The van der Waals surface area contributed by atoms with Crippen LogP contribution in [0.1, 0.15) is 4.88 Å². The number of rotatable bonds is 3. The molecule has 2 rings (SSSR count). The number of hydrogen-bond donors (Lipinski definition) is 1. The van der Waals surface area contributed by atoms with Gasteiger partial charge in [-0.1, -0.05) is 6.07 Å². The topological polar surface area (TPSA) is 12.0 Å². The Kier molecular flexibility index (Phi) is 2.78. The Morgan fingerprint density at radius 1 is 1.38 bits per heavy atom. The van der Waals surface area contributed by atoms with Gasteiger partial charge in [0.15, 0.2) is 0 Å². The zero-order chi connectivity index (χ0) is 9.10. The van der Waals surface area contributed by atoms with Crippen molar-refractivity contribution in [3.05, 3.63) is 33.8 Å². The Labute approximate surface area is 86.0 Å². The van der Waals surface area contributed by atoms with Crippen molar-refractivity contribution in [1.29, 1.82) is 0 Å². The van der Waals surface area contributed by atoms with Crippen LogP contribution in [0.4, 0.5) is 0 Å². The van der Waals surface area contributed by atoms with E-state index in [1.807, 2.05) is 18.4 Å². The second-order valence-electron chi connectivity index (χ2n) is 2.81. The van der Waals surface area contributed by atoms with E-state index in [4.69, 9.17) is 0 Å². The van der Waals surface area contributed by atoms with E-state index in [0.717, 1.165) is 6.54 Å². The van der Waals surface area contributed by atoms with Crippen molar-refractivity contribution in [2.24, 2.45) is 0 Å². The van der Waals surface area contributed by atoms with Crippen molar-refractivity contribution in [2.75, 3.05) is 7.05 Å². The van der Waals surface area contributed by atoms with Gasteiger partial charge in [-0.15, -0.1) is 22.7 Å². The first kappa shape index (κ1) is 8.94. The lowest BCUT2D eigenvalue weighted by atomic mass is 10.2. The van der Waals surface area contributed by atoms with Crippen LogP contribution in [-0.2, 0) is 6.54 Å². The molecule has 68 valence electrons. The highest BCUT2D eigenvalue weighted by molar-refractivity contribution is 7.14. The van der Waals surface area contributed by atoms with Crippen molar-refractivity contribution in [2.45, 2.75) is 6.54 Å². The SMILES string of the molecule is CNCc1cc(-c2cccs2)cs1. The van der Waals surface area contributed by atoms with Crippen LogP contribution in [0.15, 0.2) is 29.0 Å². The third-order valence-corrected chi connectivity index (χ3v) is 3.67. The van der Waals surface area contributed by atoms with Crippen molar-refractivity contribution < 1.29 is 0 Å². The van der Waals surface area contributed by atoms with Gasteiger partial charge in [0, 0.05) is 21.9 Å². The van der Waals surface area contributed by atoms with E-state index in [2.05, 4.69) is 34.3 Å². The fraction of sp³-hybridized carbons (Fsp3) is 0.200. The van der Waals surface area contributed by atoms with E-state index in [9.17, 15) is 0 Å². The van der Waals surface area contributed by atoms with Crippen molar-refractivity contribution in [1.82, 2.24) is 5.32 Å². The average molecular weight is 209 g/mol. The van der Waals surface area contributed by atoms with Crippen molar-refractivity contribution in [3.8, 4) is 10.4 Å². The maximum absolute atomic E-state index is 3.16. The van der Waals surface area contributed by atoms with Crippen molar-refractivity contribution in [3.63, 3.8) is 0 Å². The summed E-state index contributed by atoms with van der Waals surface area (Å²) >= 11 is 3.61. The standard InChI is InChI=1S/C10H11NS2/c1-11-6-9-5-8(7-13-9)10-3-2-4-12-10/h2-5,7,11H,6H2,1H3. The molecule has 0 spiro atoms. The van der Waals surface area contributed by atoms with Crippen LogP contribution in [-0.4, -0.2) is 7.05 Å². The first-order valence-electron chi connectivity index (χ1n) is 4.16. The molecule has 0 aliphatic heterocycles. The molecule has 0 aliphatic rings. The highest BCUT2D eigenvalue weighted by atomic mass is 32.1. The number of thiophene rings is 2. The van der Waals surface area contributed by atoms with Gasteiger partial charge in [-0.2, -0.15) is 0 Å². The van der Waals surface area contributed by atoms with E-state index in [0.29, 0.717) is 0 Å². The Bertz CT molecular complexity index is 362. The van der Waals surface area contributed by atoms with Gasteiger partial charge in [0.05, 0.1) is 0 Å². The third kappa shape index (κ3) is 1.99. The molecule has 3 heteroatoms. The van der Waals surface area contributed by atoms with E-state index in [1.54, 1.807) is 11.3 Å². The normalized spacial score (nSPS) is 10.5. The molecule has 0 unspecified atom stereocenters. The third-order valence-electron chi connectivity index (χ3n) is 1.81. The lowest BCUT2D eigenvalue weighted by Crippen LogP contribution is -2.02. The smallest absolute Gasteiger partial charge is 0.0351 e. The lowest BCUT2D eigenvalue weighted by molar-refractivity contribution is 0.832. The molecule has 0 amide bonds. The van der Waals surface area contributed by atoms with Gasteiger partial charge < -0.3 is 5.32 Å². The minimum absolute atomic E-state index is 0.968. The van der Waals surface area contributed by atoms with Gasteiger partial charge in [0.2, 0.25) is 0 Å². The first-order chi connectivity index (χ1) is 6.40. The summed E-state index contributed by atoms with van der Waals surface area (Å²) in [5.74, 6) is 0. The minimum Gasteiger partial charge on any atom is -0.315 e. The van der Waals surface area contributed by atoms with Crippen LogP contribution in [0, 0.1) is 0 Å². The molecule has 0 saturated carbocycles. The summed E-state index contributed by atoms with van der Waals surface area (Å²) in [5.41, 5.74) is 1.35. The van der Waals surface area contributed by atoms with E-state index < -0.39 is 0 Å².